The highest BCUT2D eigenvalue weighted by atomic mass is 32.2. The molecule has 1 saturated heterocycles. The van der Waals surface area contributed by atoms with Crippen LogP contribution in [0.25, 0.3) is 6.08 Å². The molecule has 30 heavy (non-hydrogen) atoms. The Bertz CT molecular complexity index is 958. The van der Waals surface area contributed by atoms with Gasteiger partial charge >= 0.3 is 5.97 Å². The molecule has 1 heterocycles. The minimum atomic E-state index is -3.47. The average molecular weight is 430 g/mol. The summed E-state index contributed by atoms with van der Waals surface area (Å²) in [6, 6.07) is 13.8. The van der Waals surface area contributed by atoms with Crippen molar-refractivity contribution in [1.82, 2.24) is 4.31 Å². The number of ether oxygens (including phenoxy) is 2. The van der Waals surface area contributed by atoms with Crippen molar-refractivity contribution in [2.24, 2.45) is 0 Å². The van der Waals surface area contributed by atoms with Gasteiger partial charge < -0.3 is 9.47 Å². The van der Waals surface area contributed by atoms with Gasteiger partial charge in [-0.3, -0.25) is 0 Å². The maximum Gasteiger partial charge on any atom is 0.331 e. The summed E-state index contributed by atoms with van der Waals surface area (Å²) in [5.41, 5.74) is 1.59. The van der Waals surface area contributed by atoms with Gasteiger partial charge in [-0.15, -0.1) is 0 Å². The Hall–Kier alpha value is -2.64. The molecule has 0 aliphatic carbocycles. The van der Waals surface area contributed by atoms with Crippen LogP contribution >= 0.6 is 0 Å². The first-order valence-electron chi connectivity index (χ1n) is 10.1. The number of carbonyl (C=O) groups is 1. The van der Waals surface area contributed by atoms with Crippen molar-refractivity contribution in [3.05, 3.63) is 65.7 Å². The van der Waals surface area contributed by atoms with E-state index in [9.17, 15) is 13.2 Å². The Kier molecular flexibility index (Phi) is 7.65. The fourth-order valence-electron chi connectivity index (χ4n) is 3.27. The van der Waals surface area contributed by atoms with Gasteiger partial charge in [0.1, 0.15) is 12.4 Å². The van der Waals surface area contributed by atoms with Crippen LogP contribution in [-0.2, 0) is 26.2 Å². The van der Waals surface area contributed by atoms with Crippen molar-refractivity contribution in [3.8, 4) is 5.75 Å². The summed E-state index contributed by atoms with van der Waals surface area (Å²) in [6.07, 6.45) is 6.90. The topological polar surface area (TPSA) is 72.9 Å². The molecule has 7 heteroatoms. The van der Waals surface area contributed by atoms with E-state index in [2.05, 4.69) is 0 Å². The number of benzene rings is 2. The third-order valence-electron chi connectivity index (χ3n) is 5.03. The molecule has 0 radical (unpaired) electrons. The first-order chi connectivity index (χ1) is 14.5. The molecule has 0 bridgehead atoms. The summed E-state index contributed by atoms with van der Waals surface area (Å²) in [5.74, 6) is 0.276. The molecule has 2 aromatic rings. The van der Waals surface area contributed by atoms with E-state index in [1.54, 1.807) is 53.9 Å². The Morgan fingerprint density at radius 3 is 2.20 bits per heavy atom. The van der Waals surface area contributed by atoms with Gasteiger partial charge in [-0.05, 0) is 54.3 Å². The number of methoxy groups -OCH3 is 1. The molecule has 1 fully saturated rings. The minimum Gasteiger partial charge on any atom is -0.497 e. The number of hydrogen-bond donors (Lipinski definition) is 0. The van der Waals surface area contributed by atoms with Crippen LogP contribution in [0.2, 0.25) is 0 Å². The molecule has 2 aromatic carbocycles. The van der Waals surface area contributed by atoms with Crippen LogP contribution in [0, 0.1) is 0 Å². The standard InChI is InChI=1S/C23H27NO5S/c1-28-21-11-6-20(7-12-21)18-29-23(25)15-10-19-8-13-22(14-9-19)30(26,27)24-16-4-2-3-5-17-24/h6-15H,2-5,16-18H2,1H3/b15-10+. The molecule has 0 unspecified atom stereocenters. The molecule has 6 nitrogen and oxygen atoms in total. The Morgan fingerprint density at radius 2 is 1.60 bits per heavy atom. The number of hydrogen-bond acceptors (Lipinski definition) is 5. The normalized spacial score (nSPS) is 15.6. The van der Waals surface area contributed by atoms with E-state index in [0.717, 1.165) is 42.6 Å². The zero-order valence-corrected chi connectivity index (χ0v) is 17.9. The lowest BCUT2D eigenvalue weighted by molar-refractivity contribution is -0.138. The Balaban J connectivity index is 1.56. The lowest BCUT2D eigenvalue weighted by Gasteiger charge is -2.19. The highest BCUT2D eigenvalue weighted by Gasteiger charge is 2.24. The van der Waals surface area contributed by atoms with E-state index >= 15 is 0 Å². The average Bonchev–Trinajstić information content (AvgIpc) is 3.07. The zero-order chi connectivity index (χ0) is 21.4. The lowest BCUT2D eigenvalue weighted by Crippen LogP contribution is -2.31. The Morgan fingerprint density at radius 1 is 0.967 bits per heavy atom. The van der Waals surface area contributed by atoms with Crippen molar-refractivity contribution in [1.29, 1.82) is 0 Å². The largest absolute Gasteiger partial charge is 0.497 e. The molecule has 0 aromatic heterocycles. The molecule has 0 N–H and O–H groups in total. The molecule has 1 aliphatic heterocycles. The number of esters is 1. The number of nitrogens with zero attached hydrogens (tertiary/aromatic N) is 1. The van der Waals surface area contributed by atoms with Crippen LogP contribution in [0.5, 0.6) is 5.75 Å². The van der Waals surface area contributed by atoms with Crippen molar-refractivity contribution in [2.75, 3.05) is 20.2 Å². The molecule has 0 saturated carbocycles. The van der Waals surface area contributed by atoms with Crippen LogP contribution in [0.3, 0.4) is 0 Å². The molecular formula is C23H27NO5S. The quantitative estimate of drug-likeness (QED) is 0.491. The fraction of sp³-hybridized carbons (Fsp3) is 0.348. The molecule has 0 amide bonds. The number of carbonyl (C=O) groups excluding carboxylic acids is 1. The van der Waals surface area contributed by atoms with Gasteiger partial charge in [0.05, 0.1) is 12.0 Å². The van der Waals surface area contributed by atoms with E-state index < -0.39 is 16.0 Å². The smallest absolute Gasteiger partial charge is 0.331 e. The predicted octanol–water partition coefficient (Wildman–Crippen LogP) is 4.02. The summed E-state index contributed by atoms with van der Waals surface area (Å²) in [7, 11) is -1.88. The van der Waals surface area contributed by atoms with Crippen LogP contribution in [0.1, 0.15) is 36.8 Å². The van der Waals surface area contributed by atoms with Crippen molar-refractivity contribution in [3.63, 3.8) is 0 Å². The predicted molar refractivity (Wildman–Crippen MR) is 115 cm³/mol. The summed E-state index contributed by atoms with van der Waals surface area (Å²) < 4.78 is 37.5. The van der Waals surface area contributed by atoms with Crippen LogP contribution in [0.15, 0.2) is 59.5 Å². The van der Waals surface area contributed by atoms with Gasteiger partial charge in [0.2, 0.25) is 10.0 Å². The monoisotopic (exact) mass is 429 g/mol. The van der Waals surface area contributed by atoms with Gasteiger partial charge in [0.15, 0.2) is 0 Å². The summed E-state index contributed by atoms with van der Waals surface area (Å²) in [5, 5.41) is 0. The van der Waals surface area contributed by atoms with Crippen LogP contribution in [-0.4, -0.2) is 38.9 Å². The molecule has 1 aliphatic rings. The SMILES string of the molecule is COc1ccc(COC(=O)/C=C/c2ccc(S(=O)(=O)N3CCCCCC3)cc2)cc1. The van der Waals surface area contributed by atoms with E-state index in [1.807, 2.05) is 12.1 Å². The highest BCUT2D eigenvalue weighted by Crippen LogP contribution is 2.21. The van der Waals surface area contributed by atoms with Crippen LogP contribution in [0.4, 0.5) is 0 Å². The minimum absolute atomic E-state index is 0.167. The van der Waals surface area contributed by atoms with Gasteiger partial charge in [-0.2, -0.15) is 4.31 Å². The molecule has 0 atom stereocenters. The van der Waals surface area contributed by atoms with Gasteiger partial charge in [0.25, 0.3) is 0 Å². The Labute approximate surface area is 178 Å². The summed E-state index contributed by atoms with van der Waals surface area (Å²) in [4.78, 5) is 12.2. The maximum atomic E-state index is 12.8. The maximum absolute atomic E-state index is 12.8. The van der Waals surface area contributed by atoms with E-state index in [0.29, 0.717) is 13.1 Å². The lowest BCUT2D eigenvalue weighted by atomic mass is 10.2. The first kappa shape index (κ1) is 22.1. The molecule has 160 valence electrons. The molecular weight excluding hydrogens is 402 g/mol. The summed E-state index contributed by atoms with van der Waals surface area (Å²) >= 11 is 0. The first-order valence-corrected chi connectivity index (χ1v) is 11.5. The van der Waals surface area contributed by atoms with E-state index in [1.165, 1.54) is 6.08 Å². The molecule has 0 spiro atoms. The van der Waals surface area contributed by atoms with E-state index in [-0.39, 0.29) is 11.5 Å². The van der Waals surface area contributed by atoms with Crippen LogP contribution < -0.4 is 4.74 Å². The van der Waals surface area contributed by atoms with Gasteiger partial charge in [0, 0.05) is 19.2 Å². The second kappa shape index (κ2) is 10.4. The zero-order valence-electron chi connectivity index (χ0n) is 17.1. The van der Waals surface area contributed by atoms with Gasteiger partial charge in [-0.1, -0.05) is 37.1 Å². The number of sulfonamides is 1. The number of rotatable bonds is 7. The van der Waals surface area contributed by atoms with E-state index in [4.69, 9.17) is 9.47 Å². The second-order valence-corrected chi connectivity index (χ2v) is 9.11. The van der Waals surface area contributed by atoms with Gasteiger partial charge in [-0.25, -0.2) is 13.2 Å². The van der Waals surface area contributed by atoms with Crippen molar-refractivity contribution in [2.45, 2.75) is 37.2 Å². The summed E-state index contributed by atoms with van der Waals surface area (Å²) in [6.45, 7) is 1.31. The molecule has 3 rings (SSSR count). The second-order valence-electron chi connectivity index (χ2n) is 7.18. The van der Waals surface area contributed by atoms with Crippen molar-refractivity contribution >= 4 is 22.1 Å². The third-order valence-corrected chi connectivity index (χ3v) is 6.95. The fourth-order valence-corrected chi connectivity index (χ4v) is 4.79. The third kappa shape index (κ3) is 5.93. The highest BCUT2D eigenvalue weighted by molar-refractivity contribution is 7.89. The van der Waals surface area contributed by atoms with Crippen molar-refractivity contribution < 1.29 is 22.7 Å².